The van der Waals surface area contributed by atoms with E-state index in [-0.39, 0.29) is 17.4 Å². The molecule has 1 aliphatic heterocycles. The predicted molar refractivity (Wildman–Crippen MR) is 94.7 cm³/mol. The number of primary amides is 1. The molecule has 0 saturated carbocycles. The summed E-state index contributed by atoms with van der Waals surface area (Å²) < 4.78 is 26.7. The number of piperidine rings is 1. The van der Waals surface area contributed by atoms with Crippen LogP contribution in [0.4, 0.5) is 0 Å². The first kappa shape index (κ1) is 17.9. The Balaban J connectivity index is 1.62. The molecule has 7 nitrogen and oxygen atoms in total. The minimum absolute atomic E-state index is 0.0370. The van der Waals surface area contributed by atoms with E-state index >= 15 is 0 Å². The third-order valence-corrected chi connectivity index (χ3v) is 6.50. The van der Waals surface area contributed by atoms with E-state index in [1.165, 1.54) is 4.31 Å². The van der Waals surface area contributed by atoms with Crippen molar-refractivity contribution in [3.05, 3.63) is 52.3 Å². The molecule has 0 atom stereocenters. The molecule has 2 heterocycles. The molecule has 134 valence electrons. The number of hydrogen-bond acceptors (Lipinski definition) is 4. The summed E-state index contributed by atoms with van der Waals surface area (Å²) >= 11 is 5.83. The number of nitrogens with two attached hydrogens (primary N) is 1. The zero-order valence-electron chi connectivity index (χ0n) is 13.5. The molecule has 0 bridgehead atoms. The Hall–Kier alpha value is -1.90. The molecule has 0 radical (unpaired) electrons. The zero-order chi connectivity index (χ0) is 18.0. The fourth-order valence-electron chi connectivity index (χ4n) is 3.00. The Labute approximate surface area is 151 Å². The van der Waals surface area contributed by atoms with Crippen molar-refractivity contribution in [1.82, 2.24) is 14.5 Å². The van der Waals surface area contributed by atoms with Gasteiger partial charge in [-0.25, -0.2) is 12.7 Å². The highest BCUT2D eigenvalue weighted by Crippen LogP contribution is 2.29. The van der Waals surface area contributed by atoms with Crippen LogP contribution in [0, 0.1) is 0 Å². The van der Waals surface area contributed by atoms with Crippen molar-refractivity contribution < 1.29 is 13.2 Å². The van der Waals surface area contributed by atoms with Gasteiger partial charge in [-0.05, 0) is 36.6 Å². The van der Waals surface area contributed by atoms with Crippen LogP contribution in [-0.4, -0.2) is 41.9 Å². The van der Waals surface area contributed by atoms with Crippen LogP contribution in [0.15, 0.2) is 30.3 Å². The summed E-state index contributed by atoms with van der Waals surface area (Å²) in [6.45, 7) is 0.872. The summed E-state index contributed by atoms with van der Waals surface area (Å²) in [6.07, 6.45) is 1.33. The van der Waals surface area contributed by atoms with Crippen molar-refractivity contribution in [2.24, 2.45) is 5.73 Å². The topological polar surface area (TPSA) is 109 Å². The Morgan fingerprint density at radius 1 is 1.28 bits per heavy atom. The van der Waals surface area contributed by atoms with Gasteiger partial charge in [0.1, 0.15) is 5.69 Å². The van der Waals surface area contributed by atoms with Crippen molar-refractivity contribution in [2.75, 3.05) is 13.1 Å². The third kappa shape index (κ3) is 4.20. The maximum absolute atomic E-state index is 12.6. The van der Waals surface area contributed by atoms with E-state index in [9.17, 15) is 13.2 Å². The van der Waals surface area contributed by atoms with Gasteiger partial charge in [0.25, 0.3) is 5.91 Å². The van der Waals surface area contributed by atoms with Crippen LogP contribution in [0.3, 0.4) is 0 Å². The zero-order valence-corrected chi connectivity index (χ0v) is 15.1. The minimum Gasteiger partial charge on any atom is -0.364 e. The molecule has 1 aromatic carbocycles. The van der Waals surface area contributed by atoms with Crippen LogP contribution < -0.4 is 5.73 Å². The number of H-pyrrole nitrogens is 1. The van der Waals surface area contributed by atoms with Crippen LogP contribution in [0.1, 0.15) is 40.5 Å². The highest BCUT2D eigenvalue weighted by atomic mass is 35.5. The van der Waals surface area contributed by atoms with E-state index < -0.39 is 15.9 Å². The molecule has 0 aliphatic carbocycles. The van der Waals surface area contributed by atoms with Crippen LogP contribution in [0.2, 0.25) is 5.02 Å². The number of nitrogens with zero attached hydrogens (tertiary/aromatic N) is 2. The fourth-order valence-corrected chi connectivity index (χ4v) is 4.69. The first-order chi connectivity index (χ1) is 11.8. The maximum atomic E-state index is 12.6. The fraction of sp³-hybridized carbons (Fsp3) is 0.375. The Morgan fingerprint density at radius 2 is 1.92 bits per heavy atom. The van der Waals surface area contributed by atoms with E-state index in [0.29, 0.717) is 36.5 Å². The van der Waals surface area contributed by atoms with Gasteiger partial charge >= 0.3 is 0 Å². The van der Waals surface area contributed by atoms with Gasteiger partial charge in [0.2, 0.25) is 10.0 Å². The van der Waals surface area contributed by atoms with Gasteiger partial charge in [0.05, 0.1) is 5.75 Å². The van der Waals surface area contributed by atoms with Gasteiger partial charge in [0, 0.05) is 29.7 Å². The standard InChI is InChI=1S/C16H19ClN4O3S/c17-13-3-1-11(2-4-13)10-25(23,24)21-7-5-12(6-8-21)14-9-15(16(18)22)20-19-14/h1-4,9,12H,5-8,10H2,(H2,18,22)(H,19,20). The van der Waals surface area contributed by atoms with Crippen LogP contribution in [-0.2, 0) is 15.8 Å². The molecule has 3 rings (SSSR count). The SMILES string of the molecule is NC(=O)c1cc(C2CCN(S(=O)(=O)Cc3ccc(Cl)cc3)CC2)[nH]n1. The number of aromatic amines is 1. The second-order valence-electron chi connectivity index (χ2n) is 6.13. The number of sulfonamides is 1. The van der Waals surface area contributed by atoms with Gasteiger partial charge < -0.3 is 5.73 Å². The normalized spacial score (nSPS) is 16.8. The largest absolute Gasteiger partial charge is 0.364 e. The first-order valence-electron chi connectivity index (χ1n) is 7.92. The molecule has 0 spiro atoms. The molecule has 0 unspecified atom stereocenters. The lowest BCUT2D eigenvalue weighted by Crippen LogP contribution is -2.38. The lowest BCUT2D eigenvalue weighted by molar-refractivity contribution is 0.0995. The number of halogens is 1. The lowest BCUT2D eigenvalue weighted by atomic mass is 9.94. The summed E-state index contributed by atoms with van der Waals surface area (Å²) in [7, 11) is -3.37. The average molecular weight is 383 g/mol. The van der Waals surface area contributed by atoms with Crippen molar-refractivity contribution in [1.29, 1.82) is 0 Å². The smallest absolute Gasteiger partial charge is 0.269 e. The molecule has 1 saturated heterocycles. The van der Waals surface area contributed by atoms with Gasteiger partial charge in [-0.1, -0.05) is 23.7 Å². The molecule has 1 aliphatic rings. The lowest BCUT2D eigenvalue weighted by Gasteiger charge is -2.30. The van der Waals surface area contributed by atoms with Crippen molar-refractivity contribution >= 4 is 27.5 Å². The number of aromatic nitrogens is 2. The number of rotatable bonds is 5. The molecular weight excluding hydrogens is 364 g/mol. The van der Waals surface area contributed by atoms with Gasteiger partial charge in [0.15, 0.2) is 0 Å². The van der Waals surface area contributed by atoms with Gasteiger partial charge in [-0.15, -0.1) is 0 Å². The average Bonchev–Trinajstić information content (AvgIpc) is 3.07. The molecule has 25 heavy (non-hydrogen) atoms. The van der Waals surface area contributed by atoms with Crippen LogP contribution in [0.25, 0.3) is 0 Å². The summed E-state index contributed by atoms with van der Waals surface area (Å²) in [4.78, 5) is 11.1. The molecule has 1 amide bonds. The Kier molecular flexibility index (Phi) is 5.12. The molecule has 9 heteroatoms. The van der Waals surface area contributed by atoms with E-state index in [4.69, 9.17) is 17.3 Å². The van der Waals surface area contributed by atoms with Crippen molar-refractivity contribution in [3.63, 3.8) is 0 Å². The molecule has 2 aromatic rings. The number of carbonyl (C=O) groups is 1. The van der Waals surface area contributed by atoms with E-state index in [1.807, 2.05) is 0 Å². The quantitative estimate of drug-likeness (QED) is 0.822. The second-order valence-corrected chi connectivity index (χ2v) is 8.53. The molecule has 1 fully saturated rings. The molecule has 1 aromatic heterocycles. The van der Waals surface area contributed by atoms with Crippen LogP contribution >= 0.6 is 11.6 Å². The molecule has 3 N–H and O–H groups in total. The Bertz CT molecular complexity index is 856. The number of amides is 1. The first-order valence-corrected chi connectivity index (χ1v) is 9.91. The Morgan fingerprint density at radius 3 is 2.48 bits per heavy atom. The van der Waals surface area contributed by atoms with Crippen LogP contribution in [0.5, 0.6) is 0 Å². The number of nitrogens with one attached hydrogen (secondary N) is 1. The highest BCUT2D eigenvalue weighted by molar-refractivity contribution is 7.88. The summed E-state index contributed by atoms with van der Waals surface area (Å²) in [5.74, 6) is -0.474. The number of benzene rings is 1. The second kappa shape index (κ2) is 7.15. The summed E-state index contributed by atoms with van der Waals surface area (Å²) in [5.41, 5.74) is 6.94. The molecular formula is C16H19ClN4O3S. The number of hydrogen-bond donors (Lipinski definition) is 2. The maximum Gasteiger partial charge on any atom is 0.269 e. The predicted octanol–water partition coefficient (Wildman–Crippen LogP) is 1.87. The van der Waals surface area contributed by atoms with Gasteiger partial charge in [-0.3, -0.25) is 9.89 Å². The van der Waals surface area contributed by atoms with Gasteiger partial charge in [-0.2, -0.15) is 5.10 Å². The third-order valence-electron chi connectivity index (χ3n) is 4.40. The van der Waals surface area contributed by atoms with E-state index in [2.05, 4.69) is 10.2 Å². The van der Waals surface area contributed by atoms with Crippen molar-refractivity contribution in [3.8, 4) is 0 Å². The monoisotopic (exact) mass is 382 g/mol. The summed E-state index contributed by atoms with van der Waals surface area (Å²) in [5, 5.41) is 7.28. The highest BCUT2D eigenvalue weighted by Gasteiger charge is 2.29. The number of carbonyl (C=O) groups excluding carboxylic acids is 1. The van der Waals surface area contributed by atoms with E-state index in [0.717, 1.165) is 5.69 Å². The van der Waals surface area contributed by atoms with E-state index in [1.54, 1.807) is 30.3 Å². The summed E-state index contributed by atoms with van der Waals surface area (Å²) in [6, 6.07) is 8.47. The minimum atomic E-state index is -3.37. The van der Waals surface area contributed by atoms with Crippen molar-refractivity contribution in [2.45, 2.75) is 24.5 Å².